The zero-order valence-electron chi connectivity index (χ0n) is 10.7. The Labute approximate surface area is 120 Å². The number of ether oxygens (including phenoxy) is 1. The zero-order valence-corrected chi connectivity index (χ0v) is 12.3. The molecule has 0 aromatic heterocycles. The number of carbonyl (C=O) groups is 1. The van der Waals surface area contributed by atoms with Crippen LogP contribution in [-0.4, -0.2) is 41.5 Å². The topological polar surface area (TPSA) is 78.8 Å². The molecule has 5 nitrogen and oxygen atoms in total. The normalized spacial score (nSPS) is 13.7. The van der Waals surface area contributed by atoms with Crippen LogP contribution in [0.4, 0.5) is 0 Å². The van der Waals surface area contributed by atoms with Crippen molar-refractivity contribution in [1.82, 2.24) is 5.32 Å². The Morgan fingerprint density at radius 3 is 2.63 bits per heavy atom. The fourth-order valence-electron chi connectivity index (χ4n) is 1.23. The molecule has 0 fully saturated rings. The second-order valence-electron chi connectivity index (χ2n) is 4.48. The number of nitrogens with one attached hydrogen (secondary N) is 1. The molecule has 0 spiro atoms. The van der Waals surface area contributed by atoms with Crippen LogP contribution in [0.3, 0.4) is 0 Å². The summed E-state index contributed by atoms with van der Waals surface area (Å²) in [6, 6.07) is 7.32. The number of halogens is 1. The van der Waals surface area contributed by atoms with Crippen molar-refractivity contribution in [1.29, 1.82) is 0 Å². The van der Waals surface area contributed by atoms with Crippen molar-refractivity contribution in [3.63, 3.8) is 0 Å². The highest BCUT2D eigenvalue weighted by molar-refractivity contribution is 9.10. The van der Waals surface area contributed by atoms with Crippen LogP contribution in [0.25, 0.3) is 0 Å². The van der Waals surface area contributed by atoms with Gasteiger partial charge >= 0.3 is 0 Å². The summed E-state index contributed by atoms with van der Waals surface area (Å²) in [5.74, 6) is 0.462. The van der Waals surface area contributed by atoms with Gasteiger partial charge in [0, 0.05) is 11.0 Å². The zero-order chi connectivity index (χ0) is 14.3. The minimum atomic E-state index is -1.29. The van der Waals surface area contributed by atoms with Crippen molar-refractivity contribution in [3.05, 3.63) is 28.7 Å². The van der Waals surface area contributed by atoms with Crippen LogP contribution in [-0.2, 0) is 4.79 Å². The van der Waals surface area contributed by atoms with E-state index >= 15 is 0 Å². The van der Waals surface area contributed by atoms with Gasteiger partial charge < -0.3 is 20.3 Å². The van der Waals surface area contributed by atoms with Gasteiger partial charge in [0.05, 0.1) is 19.6 Å². The van der Waals surface area contributed by atoms with E-state index in [4.69, 9.17) is 9.84 Å². The second-order valence-corrected chi connectivity index (χ2v) is 5.40. The molecular formula is C13H18BrNO4. The quantitative estimate of drug-likeness (QED) is 0.698. The first-order valence-electron chi connectivity index (χ1n) is 5.91. The van der Waals surface area contributed by atoms with Gasteiger partial charge in [0.15, 0.2) is 0 Å². The lowest BCUT2D eigenvalue weighted by Crippen LogP contribution is -2.43. The van der Waals surface area contributed by atoms with E-state index < -0.39 is 12.2 Å². The molecule has 0 aliphatic rings. The van der Waals surface area contributed by atoms with E-state index in [1.807, 2.05) is 12.1 Å². The summed E-state index contributed by atoms with van der Waals surface area (Å²) in [7, 11) is 0. The van der Waals surface area contributed by atoms with E-state index in [1.165, 1.54) is 6.92 Å². The summed E-state index contributed by atoms with van der Waals surface area (Å²) in [6.45, 7) is 1.32. The largest absolute Gasteiger partial charge is 0.493 e. The third-order valence-electron chi connectivity index (χ3n) is 2.42. The van der Waals surface area contributed by atoms with Gasteiger partial charge in [-0.3, -0.25) is 4.79 Å². The molecule has 1 atom stereocenters. The molecule has 3 N–H and O–H groups in total. The smallest absolute Gasteiger partial charge is 0.223 e. The maximum atomic E-state index is 11.5. The van der Waals surface area contributed by atoms with E-state index in [9.17, 15) is 9.90 Å². The van der Waals surface area contributed by atoms with Crippen LogP contribution in [0.15, 0.2) is 28.7 Å². The molecular weight excluding hydrogens is 314 g/mol. The number of aliphatic hydroxyl groups is 2. The molecule has 1 rings (SSSR count). The van der Waals surface area contributed by atoms with Gasteiger partial charge in [0.2, 0.25) is 5.91 Å². The minimum absolute atomic E-state index is 0.0145. The molecule has 0 radical (unpaired) electrons. The van der Waals surface area contributed by atoms with Gasteiger partial charge in [-0.25, -0.2) is 0 Å². The lowest BCUT2D eigenvalue weighted by Gasteiger charge is -2.20. The van der Waals surface area contributed by atoms with Crippen LogP contribution < -0.4 is 10.1 Å². The molecule has 1 unspecified atom stereocenters. The van der Waals surface area contributed by atoms with Gasteiger partial charge in [-0.05, 0) is 31.2 Å². The number of carbonyl (C=O) groups excluding carboxylic acids is 1. The minimum Gasteiger partial charge on any atom is -0.493 e. The van der Waals surface area contributed by atoms with Crippen LogP contribution in [0.2, 0.25) is 0 Å². The van der Waals surface area contributed by atoms with Crippen LogP contribution in [0.1, 0.15) is 13.3 Å². The number of amides is 1. The lowest BCUT2D eigenvalue weighted by atomic mass is 10.1. The number of aliphatic hydroxyl groups excluding tert-OH is 1. The molecule has 0 saturated heterocycles. The molecule has 1 aromatic carbocycles. The summed E-state index contributed by atoms with van der Waals surface area (Å²) in [4.78, 5) is 11.5. The molecule has 0 bridgehead atoms. The lowest BCUT2D eigenvalue weighted by molar-refractivity contribution is -0.123. The van der Waals surface area contributed by atoms with Crippen molar-refractivity contribution >= 4 is 21.8 Å². The van der Waals surface area contributed by atoms with Gasteiger partial charge in [0.25, 0.3) is 0 Å². The van der Waals surface area contributed by atoms with Crippen molar-refractivity contribution in [2.45, 2.75) is 18.9 Å². The van der Waals surface area contributed by atoms with E-state index in [0.717, 1.165) is 4.47 Å². The van der Waals surface area contributed by atoms with Crippen LogP contribution >= 0.6 is 15.9 Å². The summed E-state index contributed by atoms with van der Waals surface area (Å²) in [5.41, 5.74) is -1.29. The van der Waals surface area contributed by atoms with Crippen molar-refractivity contribution in [2.24, 2.45) is 0 Å². The van der Waals surface area contributed by atoms with Gasteiger partial charge in [0.1, 0.15) is 11.4 Å². The molecule has 1 aromatic rings. The first-order valence-corrected chi connectivity index (χ1v) is 6.70. The molecule has 19 heavy (non-hydrogen) atoms. The molecule has 1 amide bonds. The predicted molar refractivity (Wildman–Crippen MR) is 75.0 cm³/mol. The van der Waals surface area contributed by atoms with Crippen LogP contribution in [0, 0.1) is 0 Å². The van der Waals surface area contributed by atoms with Crippen molar-refractivity contribution in [3.8, 4) is 5.75 Å². The van der Waals surface area contributed by atoms with Gasteiger partial charge in [-0.1, -0.05) is 15.9 Å². The number of benzene rings is 1. The molecule has 6 heteroatoms. The molecule has 0 aliphatic heterocycles. The average Bonchev–Trinajstić information content (AvgIpc) is 2.39. The van der Waals surface area contributed by atoms with E-state index in [2.05, 4.69) is 21.2 Å². The number of hydrogen-bond donors (Lipinski definition) is 3. The van der Waals surface area contributed by atoms with Gasteiger partial charge in [-0.2, -0.15) is 0 Å². The highest BCUT2D eigenvalue weighted by atomic mass is 79.9. The Hall–Kier alpha value is -1.11. The molecule has 106 valence electrons. The monoisotopic (exact) mass is 331 g/mol. The SMILES string of the molecule is CC(O)(CO)CNC(=O)CCOc1ccc(Br)cc1. The Bertz CT molecular complexity index is 406. The summed E-state index contributed by atoms with van der Waals surface area (Å²) in [5, 5.41) is 20.9. The molecule has 0 aliphatic carbocycles. The third-order valence-corrected chi connectivity index (χ3v) is 2.95. The summed E-state index contributed by atoms with van der Waals surface area (Å²) in [6.07, 6.45) is 0.192. The third kappa shape index (κ3) is 6.56. The summed E-state index contributed by atoms with van der Waals surface area (Å²) >= 11 is 3.32. The van der Waals surface area contributed by atoms with Crippen LogP contribution in [0.5, 0.6) is 5.75 Å². The second kappa shape index (κ2) is 7.47. The maximum absolute atomic E-state index is 11.5. The average molecular weight is 332 g/mol. The Morgan fingerprint density at radius 1 is 1.42 bits per heavy atom. The van der Waals surface area contributed by atoms with Crippen molar-refractivity contribution in [2.75, 3.05) is 19.8 Å². The van der Waals surface area contributed by atoms with Crippen molar-refractivity contribution < 1.29 is 19.7 Å². The van der Waals surface area contributed by atoms with E-state index in [-0.39, 0.29) is 25.5 Å². The summed E-state index contributed by atoms with van der Waals surface area (Å²) < 4.78 is 6.36. The molecule has 0 heterocycles. The fourth-order valence-corrected chi connectivity index (χ4v) is 1.49. The maximum Gasteiger partial charge on any atom is 0.223 e. The standard InChI is InChI=1S/C13H18BrNO4/c1-13(18,9-16)8-15-12(17)6-7-19-11-4-2-10(14)3-5-11/h2-5,16,18H,6-9H2,1H3,(H,15,17). The first-order chi connectivity index (χ1) is 8.93. The van der Waals surface area contributed by atoms with Gasteiger partial charge in [-0.15, -0.1) is 0 Å². The number of hydrogen-bond acceptors (Lipinski definition) is 4. The first kappa shape index (κ1) is 15.9. The van der Waals surface area contributed by atoms with E-state index in [0.29, 0.717) is 5.75 Å². The highest BCUT2D eigenvalue weighted by Crippen LogP contribution is 2.16. The van der Waals surface area contributed by atoms with E-state index in [1.54, 1.807) is 12.1 Å². The number of rotatable bonds is 7. The highest BCUT2D eigenvalue weighted by Gasteiger charge is 2.19. The predicted octanol–water partition coefficient (Wildman–Crippen LogP) is 1.08. The Kier molecular flexibility index (Phi) is 6.27. The Balaban J connectivity index is 2.22. The molecule has 0 saturated carbocycles. The Morgan fingerprint density at radius 2 is 2.05 bits per heavy atom. The fraction of sp³-hybridized carbons (Fsp3) is 0.462.